The van der Waals surface area contributed by atoms with E-state index in [-0.39, 0.29) is 18.4 Å². The molecule has 0 aliphatic carbocycles. The topological polar surface area (TPSA) is 49.4 Å². The highest BCUT2D eigenvalue weighted by Crippen LogP contribution is 2.26. The summed E-state index contributed by atoms with van der Waals surface area (Å²) >= 11 is 6.13. The molecule has 0 fully saturated rings. The van der Waals surface area contributed by atoms with Crippen molar-refractivity contribution in [2.24, 2.45) is 0 Å². The summed E-state index contributed by atoms with van der Waals surface area (Å²) in [5.41, 5.74) is 4.28. The summed E-state index contributed by atoms with van der Waals surface area (Å²) < 4.78 is 0. The van der Waals surface area contributed by atoms with Crippen molar-refractivity contribution in [3.8, 4) is 0 Å². The minimum atomic E-state index is -0.253. The number of hydrogen-bond donors (Lipinski definition) is 1. The minimum absolute atomic E-state index is 0.0656. The summed E-state index contributed by atoms with van der Waals surface area (Å²) in [6, 6.07) is 11.1. The molecule has 0 saturated heterocycles. The Hall–Kier alpha value is -2.33. The Morgan fingerprint density at radius 1 is 1.12 bits per heavy atom. The van der Waals surface area contributed by atoms with E-state index in [2.05, 4.69) is 5.32 Å². The molecule has 0 aliphatic rings. The monoisotopic (exact) mass is 344 g/mol. The molecule has 0 aromatic heterocycles. The number of halogens is 1. The van der Waals surface area contributed by atoms with E-state index in [1.807, 2.05) is 39.0 Å². The average Bonchev–Trinajstić information content (AvgIpc) is 2.50. The number of carbonyl (C=O) groups is 2. The number of aryl methyl sites for hydroxylation is 2. The molecule has 5 heteroatoms. The van der Waals surface area contributed by atoms with Gasteiger partial charge in [-0.1, -0.05) is 35.4 Å². The summed E-state index contributed by atoms with van der Waals surface area (Å²) in [5, 5.41) is 3.42. The van der Waals surface area contributed by atoms with Crippen molar-refractivity contribution >= 4 is 34.8 Å². The van der Waals surface area contributed by atoms with Crippen molar-refractivity contribution in [3.05, 3.63) is 58.1 Å². The van der Waals surface area contributed by atoms with Crippen LogP contribution in [0.4, 0.5) is 11.4 Å². The SMILES string of the molecule is CC(=O)N(CC(=O)Nc1ccc(C)cc1C)c1cccc(Cl)c1C. The lowest BCUT2D eigenvalue weighted by Crippen LogP contribution is -2.37. The van der Waals surface area contributed by atoms with Crippen LogP contribution in [0.5, 0.6) is 0 Å². The second-order valence-electron chi connectivity index (χ2n) is 5.86. The summed E-state index contributed by atoms with van der Waals surface area (Å²) in [4.78, 5) is 25.8. The molecule has 2 amide bonds. The van der Waals surface area contributed by atoms with Crippen LogP contribution in [0.25, 0.3) is 0 Å². The first-order valence-electron chi connectivity index (χ1n) is 7.70. The average molecular weight is 345 g/mol. The Balaban J connectivity index is 2.20. The maximum atomic E-state index is 12.4. The second kappa shape index (κ2) is 7.49. The molecule has 0 spiro atoms. The van der Waals surface area contributed by atoms with Gasteiger partial charge in [0.15, 0.2) is 0 Å². The van der Waals surface area contributed by atoms with Crippen molar-refractivity contribution in [2.45, 2.75) is 27.7 Å². The molecule has 0 bridgehead atoms. The molecule has 0 heterocycles. The lowest BCUT2D eigenvalue weighted by Gasteiger charge is -2.23. The zero-order valence-corrected chi connectivity index (χ0v) is 15.1. The van der Waals surface area contributed by atoms with Crippen LogP contribution in [-0.2, 0) is 9.59 Å². The predicted molar refractivity (Wildman–Crippen MR) is 98.8 cm³/mol. The Labute approximate surface area is 147 Å². The molecule has 126 valence electrons. The molecule has 2 aromatic rings. The van der Waals surface area contributed by atoms with E-state index in [1.54, 1.807) is 18.2 Å². The maximum absolute atomic E-state index is 12.4. The number of nitrogens with zero attached hydrogens (tertiary/aromatic N) is 1. The largest absolute Gasteiger partial charge is 0.324 e. The van der Waals surface area contributed by atoms with Crippen LogP contribution in [0.3, 0.4) is 0 Å². The van der Waals surface area contributed by atoms with Crippen LogP contribution in [0, 0.1) is 20.8 Å². The maximum Gasteiger partial charge on any atom is 0.244 e. The van der Waals surface area contributed by atoms with Crippen molar-refractivity contribution in [1.82, 2.24) is 0 Å². The first kappa shape index (κ1) is 18.0. The minimum Gasteiger partial charge on any atom is -0.324 e. The number of hydrogen-bond acceptors (Lipinski definition) is 2. The first-order valence-corrected chi connectivity index (χ1v) is 8.07. The lowest BCUT2D eigenvalue weighted by molar-refractivity contribution is -0.120. The lowest BCUT2D eigenvalue weighted by atomic mass is 10.1. The van der Waals surface area contributed by atoms with Crippen LogP contribution in [0.1, 0.15) is 23.6 Å². The third-order valence-corrected chi connectivity index (χ3v) is 4.28. The third kappa shape index (κ3) is 4.15. The molecule has 24 heavy (non-hydrogen) atoms. The van der Waals surface area contributed by atoms with Crippen LogP contribution >= 0.6 is 11.6 Å². The van der Waals surface area contributed by atoms with Gasteiger partial charge in [-0.3, -0.25) is 9.59 Å². The summed E-state index contributed by atoms with van der Waals surface area (Å²) in [7, 11) is 0. The molecule has 0 atom stereocenters. The quantitative estimate of drug-likeness (QED) is 0.901. The molecule has 0 aliphatic heterocycles. The molecule has 0 radical (unpaired) electrons. The molecular formula is C19H21ClN2O2. The van der Waals surface area contributed by atoms with Crippen molar-refractivity contribution in [1.29, 1.82) is 0 Å². The van der Waals surface area contributed by atoms with Gasteiger partial charge in [-0.25, -0.2) is 0 Å². The van der Waals surface area contributed by atoms with Gasteiger partial charge in [0.2, 0.25) is 11.8 Å². The summed E-state index contributed by atoms with van der Waals surface area (Å²) in [6.07, 6.45) is 0. The van der Waals surface area contributed by atoms with E-state index in [0.717, 1.165) is 22.4 Å². The third-order valence-electron chi connectivity index (χ3n) is 3.87. The number of nitrogens with one attached hydrogen (secondary N) is 1. The standard InChI is InChI=1S/C19H21ClN2O2/c1-12-8-9-17(13(2)10-12)21-19(24)11-22(15(4)23)18-7-5-6-16(20)14(18)3/h5-10H,11H2,1-4H3,(H,21,24). The van der Waals surface area contributed by atoms with E-state index < -0.39 is 0 Å². The summed E-state index contributed by atoms with van der Waals surface area (Å²) in [6.45, 7) is 7.13. The number of anilines is 2. The molecule has 2 rings (SSSR count). The first-order chi connectivity index (χ1) is 11.3. The van der Waals surface area contributed by atoms with Gasteiger partial charge in [0.05, 0.1) is 0 Å². The van der Waals surface area contributed by atoms with Gasteiger partial charge < -0.3 is 10.2 Å². The summed E-state index contributed by atoms with van der Waals surface area (Å²) in [5.74, 6) is -0.465. The Bertz CT molecular complexity index is 787. The molecule has 0 saturated carbocycles. The second-order valence-corrected chi connectivity index (χ2v) is 6.26. The molecule has 0 unspecified atom stereocenters. The number of benzene rings is 2. The Kier molecular flexibility index (Phi) is 5.62. The van der Waals surface area contributed by atoms with Gasteiger partial charge in [-0.15, -0.1) is 0 Å². The van der Waals surface area contributed by atoms with Gasteiger partial charge in [0, 0.05) is 23.3 Å². The number of amides is 2. The van der Waals surface area contributed by atoms with Crippen LogP contribution in [0.2, 0.25) is 5.02 Å². The van der Waals surface area contributed by atoms with Crippen LogP contribution in [-0.4, -0.2) is 18.4 Å². The van der Waals surface area contributed by atoms with Gasteiger partial charge in [-0.2, -0.15) is 0 Å². The van der Waals surface area contributed by atoms with E-state index in [1.165, 1.54) is 11.8 Å². The smallest absolute Gasteiger partial charge is 0.244 e. The van der Waals surface area contributed by atoms with Gasteiger partial charge >= 0.3 is 0 Å². The van der Waals surface area contributed by atoms with Gasteiger partial charge in [-0.05, 0) is 50.1 Å². The Morgan fingerprint density at radius 2 is 1.83 bits per heavy atom. The van der Waals surface area contributed by atoms with Crippen molar-refractivity contribution in [3.63, 3.8) is 0 Å². The fraction of sp³-hybridized carbons (Fsp3) is 0.263. The van der Waals surface area contributed by atoms with Gasteiger partial charge in [0.25, 0.3) is 0 Å². The van der Waals surface area contributed by atoms with E-state index in [4.69, 9.17) is 11.6 Å². The highest BCUT2D eigenvalue weighted by atomic mass is 35.5. The highest BCUT2D eigenvalue weighted by molar-refractivity contribution is 6.31. The molecule has 4 nitrogen and oxygen atoms in total. The van der Waals surface area contributed by atoms with E-state index >= 15 is 0 Å². The highest BCUT2D eigenvalue weighted by Gasteiger charge is 2.19. The van der Waals surface area contributed by atoms with Crippen LogP contribution in [0.15, 0.2) is 36.4 Å². The van der Waals surface area contributed by atoms with E-state index in [0.29, 0.717) is 10.7 Å². The fourth-order valence-electron chi connectivity index (χ4n) is 2.54. The Morgan fingerprint density at radius 3 is 2.46 bits per heavy atom. The number of rotatable bonds is 4. The van der Waals surface area contributed by atoms with E-state index in [9.17, 15) is 9.59 Å². The predicted octanol–water partition coefficient (Wildman–Crippen LogP) is 4.26. The fourth-order valence-corrected chi connectivity index (χ4v) is 2.71. The molecule has 2 aromatic carbocycles. The normalized spacial score (nSPS) is 10.4. The van der Waals surface area contributed by atoms with Crippen molar-refractivity contribution < 1.29 is 9.59 Å². The molecular weight excluding hydrogens is 324 g/mol. The molecule has 1 N–H and O–H groups in total. The van der Waals surface area contributed by atoms with Gasteiger partial charge in [0.1, 0.15) is 6.54 Å². The number of carbonyl (C=O) groups excluding carboxylic acids is 2. The van der Waals surface area contributed by atoms with Crippen molar-refractivity contribution in [2.75, 3.05) is 16.8 Å². The zero-order valence-electron chi connectivity index (χ0n) is 14.3. The zero-order chi connectivity index (χ0) is 17.9. The van der Waals surface area contributed by atoms with Crippen LogP contribution < -0.4 is 10.2 Å².